The highest BCUT2D eigenvalue weighted by molar-refractivity contribution is 5.35. The molecule has 4 rings (SSSR count). The lowest BCUT2D eigenvalue weighted by atomic mass is 9.71. The molecule has 0 radical (unpaired) electrons. The van der Waals surface area contributed by atoms with E-state index in [2.05, 4.69) is 31.2 Å². The summed E-state index contributed by atoms with van der Waals surface area (Å²) in [7, 11) is 0. The number of allylic oxidation sites excluding steroid dienone is 3. The molecule has 0 bridgehead atoms. The second-order valence-electron chi connectivity index (χ2n) is 11.4. The molecule has 1 aromatic rings. The molecule has 2 unspecified atom stereocenters. The average Bonchev–Trinajstić information content (AvgIpc) is 2.91. The summed E-state index contributed by atoms with van der Waals surface area (Å²) in [6, 6.07) is 2.90. The number of hydrogen-bond donors (Lipinski definition) is 0. The molecular weight excluding hydrogens is 454 g/mol. The molecule has 2 atom stereocenters. The van der Waals surface area contributed by atoms with Crippen LogP contribution < -0.4 is 9.47 Å². The van der Waals surface area contributed by atoms with Crippen molar-refractivity contribution in [1.29, 1.82) is 0 Å². The smallest absolute Gasteiger partial charge is 0.204 e. The third kappa shape index (κ3) is 7.35. The summed E-state index contributed by atoms with van der Waals surface area (Å²) in [4.78, 5) is 0. The van der Waals surface area contributed by atoms with Crippen molar-refractivity contribution in [2.24, 2.45) is 35.5 Å². The van der Waals surface area contributed by atoms with E-state index in [1.54, 1.807) is 6.92 Å². The molecule has 36 heavy (non-hydrogen) atoms. The minimum absolute atomic E-state index is 0.0353. The fraction of sp³-hybridized carbons (Fsp3) is 0.688. The number of rotatable bonds is 10. The highest BCUT2D eigenvalue weighted by Gasteiger charge is 2.28. The molecule has 200 valence electrons. The highest BCUT2D eigenvalue weighted by Crippen LogP contribution is 2.40. The standard InChI is InChI=1S/C32H46F2O2/c1-3-5-23-6-8-24(9-7-23)10-11-25-12-16-27(17-13-25)28-18-14-26(15-19-28)22-36-30-21-20-29(35-4-2)31(33)32(30)34/h10-11,14,18,20-21,23-28H,3-9,12-13,15-17,19,22H2,1-2H3. The molecule has 1 aromatic carbocycles. The third-order valence-corrected chi connectivity index (χ3v) is 8.93. The fourth-order valence-electron chi connectivity index (χ4n) is 6.68. The van der Waals surface area contributed by atoms with E-state index >= 15 is 0 Å². The zero-order valence-corrected chi connectivity index (χ0v) is 22.4. The van der Waals surface area contributed by atoms with E-state index in [0.29, 0.717) is 19.1 Å². The molecule has 2 fully saturated rings. The summed E-state index contributed by atoms with van der Waals surface area (Å²) in [5, 5.41) is 0. The summed E-state index contributed by atoms with van der Waals surface area (Å²) in [6.45, 7) is 4.73. The van der Waals surface area contributed by atoms with Crippen molar-refractivity contribution in [2.45, 2.75) is 90.9 Å². The van der Waals surface area contributed by atoms with Crippen LogP contribution in [0.25, 0.3) is 0 Å². The van der Waals surface area contributed by atoms with Crippen LogP contribution in [-0.4, -0.2) is 13.2 Å². The second-order valence-corrected chi connectivity index (χ2v) is 11.4. The van der Waals surface area contributed by atoms with E-state index in [1.807, 2.05) is 0 Å². The molecule has 2 nitrogen and oxygen atoms in total. The van der Waals surface area contributed by atoms with Gasteiger partial charge in [0.1, 0.15) is 0 Å². The van der Waals surface area contributed by atoms with Gasteiger partial charge in [-0.05, 0) is 113 Å². The Kier molecular flexibility index (Phi) is 10.3. The quantitative estimate of drug-likeness (QED) is 0.298. The summed E-state index contributed by atoms with van der Waals surface area (Å²) >= 11 is 0. The predicted octanol–water partition coefficient (Wildman–Crippen LogP) is 9.29. The Morgan fingerprint density at radius 1 is 0.750 bits per heavy atom. The van der Waals surface area contributed by atoms with Gasteiger partial charge in [0.25, 0.3) is 0 Å². The third-order valence-electron chi connectivity index (χ3n) is 8.93. The van der Waals surface area contributed by atoms with Crippen molar-refractivity contribution >= 4 is 0 Å². The Morgan fingerprint density at radius 3 is 1.92 bits per heavy atom. The maximum atomic E-state index is 14.3. The van der Waals surface area contributed by atoms with Crippen molar-refractivity contribution in [3.05, 3.63) is 48.1 Å². The van der Waals surface area contributed by atoms with E-state index < -0.39 is 11.6 Å². The number of benzene rings is 1. The van der Waals surface area contributed by atoms with Crippen LogP contribution in [0.2, 0.25) is 0 Å². The van der Waals surface area contributed by atoms with Crippen LogP contribution in [0.5, 0.6) is 11.5 Å². The number of hydrogen-bond acceptors (Lipinski definition) is 2. The normalized spacial score (nSPS) is 31.0. The van der Waals surface area contributed by atoms with Crippen LogP contribution in [0.1, 0.15) is 90.9 Å². The summed E-state index contributed by atoms with van der Waals surface area (Å²) in [5.74, 6) is 2.23. The Hall–Kier alpha value is -1.84. The zero-order valence-electron chi connectivity index (χ0n) is 22.4. The minimum Gasteiger partial charge on any atom is -0.491 e. The van der Waals surface area contributed by atoms with E-state index in [4.69, 9.17) is 9.47 Å². The van der Waals surface area contributed by atoms with Crippen LogP contribution in [-0.2, 0) is 0 Å². The fourth-order valence-corrected chi connectivity index (χ4v) is 6.68. The van der Waals surface area contributed by atoms with Gasteiger partial charge in [0.15, 0.2) is 11.5 Å². The molecule has 0 amide bonds. The van der Waals surface area contributed by atoms with Crippen molar-refractivity contribution < 1.29 is 18.3 Å². The summed E-state index contributed by atoms with van der Waals surface area (Å²) in [6.07, 6.45) is 25.7. The topological polar surface area (TPSA) is 18.5 Å². The summed E-state index contributed by atoms with van der Waals surface area (Å²) in [5.41, 5.74) is 0. The Bertz CT molecular complexity index is 863. The lowest BCUT2D eigenvalue weighted by molar-refractivity contribution is 0.206. The first-order valence-corrected chi connectivity index (χ1v) is 14.7. The average molecular weight is 501 g/mol. The molecule has 0 N–H and O–H groups in total. The van der Waals surface area contributed by atoms with Gasteiger partial charge >= 0.3 is 0 Å². The van der Waals surface area contributed by atoms with E-state index in [1.165, 1.54) is 76.3 Å². The van der Waals surface area contributed by atoms with Gasteiger partial charge in [0, 0.05) is 5.92 Å². The monoisotopic (exact) mass is 500 g/mol. The lowest BCUT2D eigenvalue weighted by Crippen LogP contribution is -2.24. The van der Waals surface area contributed by atoms with E-state index in [0.717, 1.165) is 36.5 Å². The Balaban J connectivity index is 1.17. The van der Waals surface area contributed by atoms with Gasteiger partial charge in [-0.2, -0.15) is 8.78 Å². The van der Waals surface area contributed by atoms with Gasteiger partial charge in [0.2, 0.25) is 11.6 Å². The molecule has 0 aliphatic heterocycles. The number of halogens is 2. The first-order chi connectivity index (χ1) is 17.6. The van der Waals surface area contributed by atoms with Crippen molar-refractivity contribution in [3.8, 4) is 11.5 Å². The van der Waals surface area contributed by atoms with Crippen LogP contribution in [0, 0.1) is 47.1 Å². The molecule has 4 heteroatoms. The van der Waals surface area contributed by atoms with Gasteiger partial charge in [-0.25, -0.2) is 0 Å². The molecule has 3 aliphatic carbocycles. The van der Waals surface area contributed by atoms with Crippen molar-refractivity contribution in [1.82, 2.24) is 0 Å². The minimum atomic E-state index is -0.974. The molecule has 2 saturated carbocycles. The van der Waals surface area contributed by atoms with E-state index in [9.17, 15) is 8.78 Å². The van der Waals surface area contributed by atoms with E-state index in [-0.39, 0.29) is 17.4 Å². The van der Waals surface area contributed by atoms with Gasteiger partial charge < -0.3 is 9.47 Å². The van der Waals surface area contributed by atoms with Gasteiger partial charge in [-0.1, -0.05) is 44.1 Å². The predicted molar refractivity (Wildman–Crippen MR) is 143 cm³/mol. The van der Waals surface area contributed by atoms with Crippen molar-refractivity contribution in [3.63, 3.8) is 0 Å². The lowest BCUT2D eigenvalue weighted by Gasteiger charge is -2.34. The van der Waals surface area contributed by atoms with Crippen molar-refractivity contribution in [2.75, 3.05) is 13.2 Å². The molecule has 3 aliphatic rings. The largest absolute Gasteiger partial charge is 0.491 e. The molecule has 0 spiro atoms. The highest BCUT2D eigenvalue weighted by atomic mass is 19.2. The molecule has 0 heterocycles. The Labute approximate surface area is 217 Å². The van der Waals surface area contributed by atoms with Crippen LogP contribution in [0.15, 0.2) is 36.4 Å². The van der Waals surface area contributed by atoms with Gasteiger partial charge in [-0.3, -0.25) is 0 Å². The second kappa shape index (κ2) is 13.6. The maximum absolute atomic E-state index is 14.3. The summed E-state index contributed by atoms with van der Waals surface area (Å²) < 4.78 is 39.1. The van der Waals surface area contributed by atoms with Crippen LogP contribution in [0.3, 0.4) is 0 Å². The van der Waals surface area contributed by atoms with Crippen LogP contribution in [0.4, 0.5) is 8.78 Å². The SMILES string of the molecule is CCCC1CCC(C=CC2CCC(C3C=CC(COc4ccc(OCC)c(F)c4F)CC3)CC2)CC1. The van der Waals surface area contributed by atoms with Gasteiger partial charge in [0.05, 0.1) is 13.2 Å². The van der Waals surface area contributed by atoms with Gasteiger partial charge in [-0.15, -0.1) is 0 Å². The first kappa shape index (κ1) is 27.2. The Morgan fingerprint density at radius 2 is 1.36 bits per heavy atom. The van der Waals surface area contributed by atoms with Crippen LogP contribution >= 0.6 is 0 Å². The maximum Gasteiger partial charge on any atom is 0.204 e. The number of ether oxygens (including phenoxy) is 2. The molecule has 0 saturated heterocycles. The molecular formula is C32H46F2O2. The zero-order chi connectivity index (χ0) is 25.3. The first-order valence-electron chi connectivity index (χ1n) is 14.7. The molecule has 0 aromatic heterocycles.